The number of aromatic nitrogens is 1. The molecule has 0 aliphatic heterocycles. The predicted octanol–water partition coefficient (Wildman–Crippen LogP) is 2.67. The molecule has 0 amide bonds. The van der Waals surface area contributed by atoms with Crippen LogP contribution in [0.4, 0.5) is 0 Å². The first-order valence-electron chi connectivity index (χ1n) is 4.99. The van der Waals surface area contributed by atoms with Gasteiger partial charge in [0.15, 0.2) is 0 Å². The zero-order valence-electron chi connectivity index (χ0n) is 9.27. The first kappa shape index (κ1) is 10.3. The Hall–Kier alpha value is -2.21. The molecule has 3 heteroatoms. The molecule has 0 unspecified atom stereocenters. The summed E-state index contributed by atoms with van der Waals surface area (Å²) in [6.07, 6.45) is 0. The second kappa shape index (κ2) is 4.11. The van der Waals surface area contributed by atoms with Crippen LogP contribution in [0.25, 0.3) is 5.69 Å². The van der Waals surface area contributed by atoms with Crippen molar-refractivity contribution < 1.29 is 4.74 Å². The smallest absolute Gasteiger partial charge is 0.124 e. The Kier molecular flexibility index (Phi) is 2.65. The van der Waals surface area contributed by atoms with Crippen molar-refractivity contribution in [2.24, 2.45) is 0 Å². The van der Waals surface area contributed by atoms with E-state index in [1.54, 1.807) is 7.11 Å². The summed E-state index contributed by atoms with van der Waals surface area (Å²) in [5, 5.41) is 9.00. The van der Waals surface area contributed by atoms with Crippen LogP contribution in [0.3, 0.4) is 0 Å². The van der Waals surface area contributed by atoms with Crippen LogP contribution in [-0.4, -0.2) is 11.7 Å². The molecule has 2 rings (SSSR count). The number of rotatable bonds is 2. The number of hydrogen-bond donors (Lipinski definition) is 0. The molecule has 80 valence electrons. The topological polar surface area (TPSA) is 38.0 Å². The Bertz CT molecular complexity index is 532. The number of nitrogens with zero attached hydrogens (tertiary/aromatic N) is 2. The number of ether oxygens (including phenoxy) is 1. The standard InChI is InChI=1S/C13H12N2O/c1-10-3-4-12(9-14)15(10)11-5-7-13(16-2)8-6-11/h3-8H,1-2H3. The molecule has 0 saturated heterocycles. The van der Waals surface area contributed by atoms with Crippen molar-refractivity contribution in [3.05, 3.63) is 47.8 Å². The molecular formula is C13H12N2O. The normalized spacial score (nSPS) is 9.81. The molecule has 0 atom stereocenters. The van der Waals surface area contributed by atoms with Gasteiger partial charge in [0.1, 0.15) is 17.5 Å². The summed E-state index contributed by atoms with van der Waals surface area (Å²) >= 11 is 0. The Morgan fingerprint density at radius 2 is 1.81 bits per heavy atom. The molecule has 0 N–H and O–H groups in total. The summed E-state index contributed by atoms with van der Waals surface area (Å²) < 4.78 is 7.02. The van der Waals surface area contributed by atoms with Crippen molar-refractivity contribution in [2.75, 3.05) is 7.11 Å². The van der Waals surface area contributed by atoms with E-state index in [9.17, 15) is 0 Å². The van der Waals surface area contributed by atoms with Gasteiger partial charge in [-0.05, 0) is 43.3 Å². The van der Waals surface area contributed by atoms with Crippen molar-refractivity contribution in [1.82, 2.24) is 4.57 Å². The van der Waals surface area contributed by atoms with Crippen LogP contribution in [0.1, 0.15) is 11.4 Å². The minimum Gasteiger partial charge on any atom is -0.497 e. The summed E-state index contributed by atoms with van der Waals surface area (Å²) in [7, 11) is 1.64. The maximum atomic E-state index is 9.00. The van der Waals surface area contributed by atoms with Crippen molar-refractivity contribution >= 4 is 0 Å². The molecule has 3 nitrogen and oxygen atoms in total. The molecule has 2 aromatic rings. The lowest BCUT2D eigenvalue weighted by atomic mass is 10.3. The molecule has 0 fully saturated rings. The molecule has 1 aromatic heterocycles. The number of benzene rings is 1. The fraction of sp³-hybridized carbons (Fsp3) is 0.154. The number of hydrogen-bond acceptors (Lipinski definition) is 2. The van der Waals surface area contributed by atoms with Gasteiger partial charge >= 0.3 is 0 Å². The highest BCUT2D eigenvalue weighted by Gasteiger charge is 2.06. The van der Waals surface area contributed by atoms with E-state index in [1.165, 1.54) is 0 Å². The van der Waals surface area contributed by atoms with E-state index in [4.69, 9.17) is 10.00 Å². The van der Waals surface area contributed by atoms with E-state index < -0.39 is 0 Å². The van der Waals surface area contributed by atoms with Crippen LogP contribution in [0.15, 0.2) is 36.4 Å². The van der Waals surface area contributed by atoms with Crippen molar-refractivity contribution in [3.63, 3.8) is 0 Å². The molecule has 0 saturated carbocycles. The molecule has 0 radical (unpaired) electrons. The van der Waals surface area contributed by atoms with Crippen LogP contribution in [-0.2, 0) is 0 Å². The van der Waals surface area contributed by atoms with E-state index in [1.807, 2.05) is 47.9 Å². The van der Waals surface area contributed by atoms with E-state index in [0.717, 1.165) is 17.1 Å². The third kappa shape index (κ3) is 1.66. The van der Waals surface area contributed by atoms with Crippen LogP contribution < -0.4 is 4.74 Å². The van der Waals surface area contributed by atoms with Gasteiger partial charge in [0, 0.05) is 11.4 Å². The summed E-state index contributed by atoms with van der Waals surface area (Å²) in [5.74, 6) is 0.812. The second-order valence-electron chi connectivity index (χ2n) is 3.51. The average molecular weight is 212 g/mol. The average Bonchev–Trinajstić information content (AvgIpc) is 2.70. The molecule has 1 heterocycles. The lowest BCUT2D eigenvalue weighted by Crippen LogP contribution is -1.99. The fourth-order valence-electron chi connectivity index (χ4n) is 1.70. The van der Waals surface area contributed by atoms with Crippen molar-refractivity contribution in [2.45, 2.75) is 6.92 Å². The number of methoxy groups -OCH3 is 1. The van der Waals surface area contributed by atoms with Gasteiger partial charge in [0.25, 0.3) is 0 Å². The lowest BCUT2D eigenvalue weighted by molar-refractivity contribution is 0.414. The highest BCUT2D eigenvalue weighted by atomic mass is 16.5. The second-order valence-corrected chi connectivity index (χ2v) is 3.51. The van der Waals surface area contributed by atoms with Gasteiger partial charge < -0.3 is 9.30 Å². The summed E-state index contributed by atoms with van der Waals surface area (Å²) in [4.78, 5) is 0. The summed E-state index contributed by atoms with van der Waals surface area (Å²) in [6.45, 7) is 1.98. The van der Waals surface area contributed by atoms with Gasteiger partial charge in [-0.25, -0.2) is 0 Å². The highest BCUT2D eigenvalue weighted by Crippen LogP contribution is 2.19. The third-order valence-electron chi connectivity index (χ3n) is 2.52. The van der Waals surface area contributed by atoms with E-state index in [2.05, 4.69) is 6.07 Å². The van der Waals surface area contributed by atoms with Gasteiger partial charge in [0.05, 0.1) is 7.11 Å². The Morgan fingerprint density at radius 1 is 1.12 bits per heavy atom. The largest absolute Gasteiger partial charge is 0.497 e. The number of aryl methyl sites for hydroxylation is 1. The Balaban J connectivity index is 2.50. The molecular weight excluding hydrogens is 200 g/mol. The minimum absolute atomic E-state index is 0.641. The zero-order valence-corrected chi connectivity index (χ0v) is 9.27. The Morgan fingerprint density at radius 3 is 2.38 bits per heavy atom. The first-order chi connectivity index (χ1) is 7.76. The molecule has 0 aliphatic carbocycles. The van der Waals surface area contributed by atoms with Crippen LogP contribution in [0.5, 0.6) is 5.75 Å². The molecule has 0 spiro atoms. The van der Waals surface area contributed by atoms with Gasteiger partial charge in [-0.2, -0.15) is 5.26 Å². The van der Waals surface area contributed by atoms with Crippen LogP contribution in [0.2, 0.25) is 0 Å². The summed E-state index contributed by atoms with van der Waals surface area (Å²) in [6, 6.07) is 13.6. The molecule has 16 heavy (non-hydrogen) atoms. The first-order valence-corrected chi connectivity index (χ1v) is 4.99. The summed E-state index contributed by atoms with van der Waals surface area (Å²) in [5.41, 5.74) is 2.66. The Labute approximate surface area is 94.5 Å². The van der Waals surface area contributed by atoms with Gasteiger partial charge in [-0.3, -0.25) is 0 Å². The van der Waals surface area contributed by atoms with Crippen molar-refractivity contribution in [3.8, 4) is 17.5 Å². The minimum atomic E-state index is 0.641. The SMILES string of the molecule is COc1ccc(-n2c(C)ccc2C#N)cc1. The lowest BCUT2D eigenvalue weighted by Gasteiger charge is -2.08. The predicted molar refractivity (Wildman–Crippen MR) is 61.8 cm³/mol. The maximum absolute atomic E-state index is 9.00. The van der Waals surface area contributed by atoms with Gasteiger partial charge in [-0.15, -0.1) is 0 Å². The van der Waals surface area contributed by atoms with Gasteiger partial charge in [0.2, 0.25) is 0 Å². The van der Waals surface area contributed by atoms with E-state index in [-0.39, 0.29) is 0 Å². The monoisotopic (exact) mass is 212 g/mol. The van der Waals surface area contributed by atoms with E-state index in [0.29, 0.717) is 5.69 Å². The molecule has 0 bridgehead atoms. The van der Waals surface area contributed by atoms with E-state index >= 15 is 0 Å². The van der Waals surface area contributed by atoms with Crippen LogP contribution >= 0.6 is 0 Å². The number of nitriles is 1. The quantitative estimate of drug-likeness (QED) is 0.767. The van der Waals surface area contributed by atoms with Crippen molar-refractivity contribution in [1.29, 1.82) is 5.26 Å². The molecule has 0 aliphatic rings. The highest BCUT2D eigenvalue weighted by molar-refractivity contribution is 5.44. The molecule has 1 aromatic carbocycles. The fourth-order valence-corrected chi connectivity index (χ4v) is 1.70. The zero-order chi connectivity index (χ0) is 11.5. The third-order valence-corrected chi connectivity index (χ3v) is 2.52. The van der Waals surface area contributed by atoms with Gasteiger partial charge in [-0.1, -0.05) is 0 Å². The maximum Gasteiger partial charge on any atom is 0.124 e. The van der Waals surface area contributed by atoms with Crippen LogP contribution in [0, 0.1) is 18.3 Å².